The van der Waals surface area contributed by atoms with Gasteiger partial charge in [-0.3, -0.25) is 19.2 Å². The van der Waals surface area contributed by atoms with E-state index in [1.807, 2.05) is 13.8 Å². The molecular weight excluding hydrogens is 528 g/mol. The van der Waals surface area contributed by atoms with Crippen LogP contribution < -0.4 is 30.2 Å². The average Bonchev–Trinajstić information content (AvgIpc) is 2.96. The highest BCUT2D eigenvalue weighted by atomic mass is 16.5. The van der Waals surface area contributed by atoms with Crippen molar-refractivity contribution < 1.29 is 33.4 Å². The van der Waals surface area contributed by atoms with Crippen molar-refractivity contribution in [2.45, 2.75) is 45.2 Å². The summed E-state index contributed by atoms with van der Waals surface area (Å²) in [6.45, 7) is 4.72. The van der Waals surface area contributed by atoms with Crippen molar-refractivity contribution in [3.05, 3.63) is 54.1 Å². The van der Waals surface area contributed by atoms with E-state index < -0.39 is 23.9 Å². The molecule has 3 N–H and O–H groups in total. The van der Waals surface area contributed by atoms with Crippen LogP contribution in [-0.4, -0.2) is 81.1 Å². The summed E-state index contributed by atoms with van der Waals surface area (Å²) in [5.74, 6) is 0.167. The average molecular weight is 569 g/mol. The normalized spacial score (nSPS) is 18.7. The summed E-state index contributed by atoms with van der Waals surface area (Å²) < 4.78 is 16.7. The zero-order valence-electron chi connectivity index (χ0n) is 24.1. The zero-order valence-corrected chi connectivity index (χ0v) is 24.1. The molecule has 1 aliphatic rings. The van der Waals surface area contributed by atoms with Gasteiger partial charge in [0.25, 0.3) is 5.91 Å². The Hall–Kier alpha value is -4.28. The molecule has 0 saturated carbocycles. The lowest BCUT2D eigenvalue weighted by molar-refractivity contribution is -0.136. The van der Waals surface area contributed by atoms with Gasteiger partial charge in [0.05, 0.1) is 25.8 Å². The van der Waals surface area contributed by atoms with Gasteiger partial charge < -0.3 is 35.1 Å². The van der Waals surface area contributed by atoms with Crippen molar-refractivity contribution in [3.8, 4) is 17.2 Å². The van der Waals surface area contributed by atoms with Gasteiger partial charge in [0.1, 0.15) is 42.5 Å². The van der Waals surface area contributed by atoms with Gasteiger partial charge in [0, 0.05) is 19.5 Å². The quantitative estimate of drug-likeness (QED) is 0.416. The van der Waals surface area contributed by atoms with Crippen LogP contribution in [-0.2, 0) is 14.4 Å². The molecule has 222 valence electrons. The first-order valence-corrected chi connectivity index (χ1v) is 13.8. The number of para-hydroxylation sites is 1. The first-order chi connectivity index (χ1) is 19.7. The Balaban J connectivity index is 1.73. The summed E-state index contributed by atoms with van der Waals surface area (Å²) in [6, 6.07) is 12.1. The van der Waals surface area contributed by atoms with Crippen molar-refractivity contribution >= 4 is 23.6 Å². The van der Waals surface area contributed by atoms with Crippen molar-refractivity contribution in [1.29, 1.82) is 0 Å². The fraction of sp³-hybridized carbons (Fsp3) is 0.467. The Morgan fingerprint density at radius 2 is 1.85 bits per heavy atom. The number of benzene rings is 2. The summed E-state index contributed by atoms with van der Waals surface area (Å²) in [7, 11) is 3.22. The minimum atomic E-state index is -1.01. The number of hydrogen-bond acceptors (Lipinski definition) is 7. The maximum absolute atomic E-state index is 13.2. The van der Waals surface area contributed by atoms with E-state index in [4.69, 9.17) is 14.2 Å². The van der Waals surface area contributed by atoms with Gasteiger partial charge in [-0.05, 0) is 43.0 Å². The van der Waals surface area contributed by atoms with Crippen LogP contribution in [0, 0.1) is 5.92 Å². The molecule has 11 heteroatoms. The van der Waals surface area contributed by atoms with E-state index in [9.17, 15) is 19.2 Å². The van der Waals surface area contributed by atoms with Gasteiger partial charge in [-0.25, -0.2) is 0 Å². The van der Waals surface area contributed by atoms with Crippen LogP contribution >= 0.6 is 0 Å². The molecule has 4 amide bonds. The molecule has 0 aliphatic carbocycles. The summed E-state index contributed by atoms with van der Waals surface area (Å²) in [6.07, 6.45) is 0.427. The molecule has 0 aromatic heterocycles. The second-order valence-corrected chi connectivity index (χ2v) is 10.2. The Morgan fingerprint density at radius 1 is 1.10 bits per heavy atom. The molecule has 0 saturated heterocycles. The van der Waals surface area contributed by atoms with Gasteiger partial charge in [0.2, 0.25) is 17.7 Å². The molecule has 11 nitrogen and oxygen atoms in total. The lowest BCUT2D eigenvalue weighted by Gasteiger charge is -2.26. The van der Waals surface area contributed by atoms with Crippen LogP contribution in [0.15, 0.2) is 48.5 Å². The van der Waals surface area contributed by atoms with E-state index >= 15 is 0 Å². The highest BCUT2D eigenvalue weighted by molar-refractivity contribution is 5.99. The number of carbonyl (C=O) groups excluding carboxylic acids is 4. The van der Waals surface area contributed by atoms with Gasteiger partial charge in [-0.15, -0.1) is 0 Å². The van der Waals surface area contributed by atoms with E-state index in [1.54, 1.807) is 62.7 Å². The number of nitrogens with zero attached hydrogens (tertiary/aromatic N) is 1. The number of likely N-dealkylation sites (N-methyl/N-ethyl adjacent to an activating group) is 1. The van der Waals surface area contributed by atoms with Crippen molar-refractivity contribution in [1.82, 2.24) is 20.9 Å². The molecule has 41 heavy (non-hydrogen) atoms. The molecule has 1 aliphatic heterocycles. The molecule has 0 bridgehead atoms. The standard InChI is InChI=1S/C30H40N4O7/c1-20(2)18-25-30(38)34(3)15-17-41-26-11-6-5-10-23(26)28(36)33-24(12-13-27(35)32-25)29(37)31-14-16-40-22-9-7-8-21(19-22)39-4/h5-11,19-20,24-25H,12-18H2,1-4H3,(H,31,37)(H,32,35)(H,33,36)/t24-,25+/m0/s1. The van der Waals surface area contributed by atoms with Crippen LogP contribution in [0.25, 0.3) is 0 Å². The molecule has 1 heterocycles. The third-order valence-electron chi connectivity index (χ3n) is 6.53. The van der Waals surface area contributed by atoms with Crippen molar-refractivity contribution in [3.63, 3.8) is 0 Å². The number of carbonyl (C=O) groups is 4. The first kappa shape index (κ1) is 31.3. The van der Waals surface area contributed by atoms with E-state index in [2.05, 4.69) is 16.0 Å². The van der Waals surface area contributed by atoms with E-state index in [-0.39, 0.29) is 62.4 Å². The van der Waals surface area contributed by atoms with Crippen LogP contribution in [0.1, 0.15) is 43.5 Å². The van der Waals surface area contributed by atoms with Crippen LogP contribution in [0.4, 0.5) is 0 Å². The molecular formula is C30H40N4O7. The second-order valence-electron chi connectivity index (χ2n) is 10.2. The number of methoxy groups -OCH3 is 1. The summed E-state index contributed by atoms with van der Waals surface area (Å²) >= 11 is 0. The van der Waals surface area contributed by atoms with Crippen LogP contribution in [0.5, 0.6) is 17.2 Å². The van der Waals surface area contributed by atoms with Crippen molar-refractivity contribution in [2.24, 2.45) is 5.92 Å². The molecule has 0 fully saturated rings. The topological polar surface area (TPSA) is 135 Å². The number of rotatable bonds is 8. The van der Waals surface area contributed by atoms with Crippen LogP contribution in [0.3, 0.4) is 0 Å². The highest BCUT2D eigenvalue weighted by Gasteiger charge is 2.28. The largest absolute Gasteiger partial charge is 0.497 e. The number of fused-ring (bicyclic) bond motifs is 1. The van der Waals surface area contributed by atoms with Gasteiger partial charge in [0.15, 0.2) is 0 Å². The molecule has 2 aromatic carbocycles. The third-order valence-corrected chi connectivity index (χ3v) is 6.53. The minimum absolute atomic E-state index is 0.0294. The fourth-order valence-electron chi connectivity index (χ4n) is 4.35. The van der Waals surface area contributed by atoms with Crippen molar-refractivity contribution in [2.75, 3.05) is 40.5 Å². The fourth-order valence-corrected chi connectivity index (χ4v) is 4.35. The molecule has 3 rings (SSSR count). The molecule has 2 aromatic rings. The highest BCUT2D eigenvalue weighted by Crippen LogP contribution is 2.20. The number of ether oxygens (including phenoxy) is 3. The summed E-state index contributed by atoms with van der Waals surface area (Å²) in [5.41, 5.74) is 0.248. The zero-order chi connectivity index (χ0) is 29.8. The smallest absolute Gasteiger partial charge is 0.255 e. The van der Waals surface area contributed by atoms with Crippen LogP contribution in [0.2, 0.25) is 0 Å². The molecule has 0 unspecified atom stereocenters. The Bertz CT molecular complexity index is 1200. The number of amides is 4. The van der Waals surface area contributed by atoms with Gasteiger partial charge in [-0.2, -0.15) is 0 Å². The number of nitrogens with one attached hydrogen (secondary N) is 3. The minimum Gasteiger partial charge on any atom is -0.497 e. The predicted molar refractivity (Wildman–Crippen MR) is 153 cm³/mol. The molecule has 2 atom stereocenters. The summed E-state index contributed by atoms with van der Waals surface area (Å²) in [5, 5.41) is 8.34. The lowest BCUT2D eigenvalue weighted by atomic mass is 10.0. The Morgan fingerprint density at radius 3 is 2.61 bits per heavy atom. The Kier molecular flexibility index (Phi) is 11.8. The third kappa shape index (κ3) is 9.70. The second kappa shape index (κ2) is 15.5. The summed E-state index contributed by atoms with van der Waals surface area (Å²) in [4.78, 5) is 53.9. The number of hydrogen-bond donors (Lipinski definition) is 3. The van der Waals surface area contributed by atoms with Gasteiger partial charge in [-0.1, -0.05) is 32.0 Å². The van der Waals surface area contributed by atoms with E-state index in [0.29, 0.717) is 23.7 Å². The molecule has 0 radical (unpaired) electrons. The SMILES string of the molecule is COc1cccc(OCCNC(=O)[C@@H]2CCC(=O)N[C@H](CC(C)C)C(=O)N(C)CCOc3ccccc3C(=O)N2)c1. The molecule has 0 spiro atoms. The van der Waals surface area contributed by atoms with E-state index in [1.165, 1.54) is 4.90 Å². The Labute approximate surface area is 240 Å². The maximum atomic E-state index is 13.2. The predicted octanol–water partition coefficient (Wildman–Crippen LogP) is 2.15. The first-order valence-electron chi connectivity index (χ1n) is 13.8. The monoisotopic (exact) mass is 568 g/mol. The lowest BCUT2D eigenvalue weighted by Crippen LogP contribution is -2.50. The van der Waals surface area contributed by atoms with Gasteiger partial charge >= 0.3 is 0 Å². The maximum Gasteiger partial charge on any atom is 0.255 e. The van der Waals surface area contributed by atoms with E-state index in [0.717, 1.165) is 0 Å².